The van der Waals surface area contributed by atoms with Crippen LogP contribution in [0.1, 0.15) is 40.5 Å². The van der Waals surface area contributed by atoms with Gasteiger partial charge in [0.25, 0.3) is 0 Å². The van der Waals surface area contributed by atoms with E-state index < -0.39 is 0 Å². The fourth-order valence-corrected chi connectivity index (χ4v) is 5.05. The molecule has 0 heteroatoms. The number of rotatable bonds is 2. The van der Waals surface area contributed by atoms with Crippen molar-refractivity contribution in [3.8, 4) is 0 Å². The molecule has 0 nitrogen and oxygen atoms in total. The minimum absolute atomic E-state index is 0.819. The molecule has 0 saturated heterocycles. The molecule has 0 aromatic carbocycles. The molecule has 0 radical (unpaired) electrons. The highest BCUT2D eigenvalue weighted by Gasteiger charge is 3.11. The van der Waals surface area contributed by atoms with Crippen LogP contribution in [0.25, 0.3) is 0 Å². The molecule has 0 heterocycles. The lowest BCUT2D eigenvalue weighted by molar-refractivity contribution is 0.0407. The highest BCUT2D eigenvalue weighted by molar-refractivity contribution is 5.59. The van der Waals surface area contributed by atoms with Crippen LogP contribution >= 0.6 is 0 Å². The molecule has 0 unspecified atom stereocenters. The fourth-order valence-electron chi connectivity index (χ4n) is 5.05. The average Bonchev–Trinajstić information content (AvgIpc) is 2.39. The normalized spacial score (nSPS) is 54.0. The molecule has 3 rings (SSSR count). The van der Waals surface area contributed by atoms with Crippen molar-refractivity contribution in [2.45, 2.75) is 40.5 Å². The highest BCUT2D eigenvalue weighted by Crippen LogP contribution is 3.17. The average molecular weight is 150 g/mol. The fraction of sp³-hybridized carbons (Fsp3) is 1.00. The van der Waals surface area contributed by atoms with Gasteiger partial charge in [-0.2, -0.15) is 0 Å². The van der Waals surface area contributed by atoms with Gasteiger partial charge in [-0.15, -0.1) is 0 Å². The van der Waals surface area contributed by atoms with Crippen molar-refractivity contribution in [3.05, 3.63) is 0 Å². The van der Waals surface area contributed by atoms with Crippen LogP contribution in [0.5, 0.6) is 0 Å². The van der Waals surface area contributed by atoms with Crippen LogP contribution in [-0.4, -0.2) is 0 Å². The Kier molecular flexibility index (Phi) is 0.709. The first-order valence-electron chi connectivity index (χ1n) is 5.05. The van der Waals surface area contributed by atoms with Crippen molar-refractivity contribution in [3.63, 3.8) is 0 Å². The molecule has 11 heavy (non-hydrogen) atoms. The summed E-state index contributed by atoms with van der Waals surface area (Å²) in [6.07, 6.45) is 3.19. The summed E-state index contributed by atoms with van der Waals surface area (Å²) < 4.78 is 0. The largest absolute Gasteiger partial charge is 0.0622 e. The van der Waals surface area contributed by atoms with Crippen molar-refractivity contribution in [1.82, 2.24) is 0 Å². The molecule has 0 bridgehead atoms. The van der Waals surface area contributed by atoms with Crippen LogP contribution in [0.4, 0.5) is 0 Å². The van der Waals surface area contributed by atoms with E-state index in [0.717, 1.165) is 28.1 Å². The zero-order chi connectivity index (χ0) is 8.07. The Morgan fingerprint density at radius 2 is 1.18 bits per heavy atom. The number of hydrogen-bond acceptors (Lipinski definition) is 0. The minimum Gasteiger partial charge on any atom is -0.0622 e. The van der Waals surface area contributed by atoms with Crippen molar-refractivity contribution in [2.24, 2.45) is 28.1 Å². The maximum Gasteiger partial charge on any atom is -0.0127 e. The molecule has 0 N–H and O–H groups in total. The molecule has 3 aliphatic carbocycles. The summed E-state index contributed by atoms with van der Waals surface area (Å²) in [7, 11) is 0. The Hall–Kier alpha value is 0. The third-order valence-corrected chi connectivity index (χ3v) is 5.22. The third kappa shape index (κ3) is 0.316. The van der Waals surface area contributed by atoms with Gasteiger partial charge in [0, 0.05) is 0 Å². The van der Waals surface area contributed by atoms with Gasteiger partial charge in [0.15, 0.2) is 0 Å². The molecule has 0 aromatic rings. The van der Waals surface area contributed by atoms with E-state index in [0.29, 0.717) is 0 Å². The third-order valence-electron chi connectivity index (χ3n) is 5.22. The van der Waals surface area contributed by atoms with E-state index in [9.17, 15) is 0 Å². The van der Waals surface area contributed by atoms with Gasteiger partial charge in [0.2, 0.25) is 0 Å². The summed E-state index contributed by atoms with van der Waals surface area (Å²) >= 11 is 0. The van der Waals surface area contributed by atoms with Crippen LogP contribution in [-0.2, 0) is 0 Å². The Labute approximate surface area is 69.4 Å². The lowest BCUT2D eigenvalue weighted by atomic mass is 9.60. The van der Waals surface area contributed by atoms with Gasteiger partial charge in [0.1, 0.15) is 0 Å². The predicted octanol–water partition coefficient (Wildman–Crippen LogP) is 3.08. The first-order valence-corrected chi connectivity index (χ1v) is 5.05. The Bertz CT molecular complexity index is 204. The maximum atomic E-state index is 2.43. The van der Waals surface area contributed by atoms with E-state index in [1.165, 1.54) is 0 Å². The molecule has 0 aromatic heterocycles. The van der Waals surface area contributed by atoms with Crippen LogP contribution in [0, 0.1) is 28.1 Å². The lowest BCUT2D eigenvalue weighted by Gasteiger charge is -2.44. The standard InChI is InChI=1S/C11H18/c1-7(2)11(8(3)4)9-5-10(9,11)6-9/h7-8H,5-6H2,1-4H3. The second kappa shape index (κ2) is 1.20. The molecule has 3 saturated carbocycles. The van der Waals surface area contributed by atoms with Crippen molar-refractivity contribution < 1.29 is 0 Å². The molecule has 3 aliphatic rings. The zero-order valence-corrected chi connectivity index (χ0v) is 8.07. The summed E-state index contributed by atoms with van der Waals surface area (Å²) in [5, 5.41) is 0. The van der Waals surface area contributed by atoms with Crippen molar-refractivity contribution in [2.75, 3.05) is 0 Å². The van der Waals surface area contributed by atoms with E-state index in [1.54, 1.807) is 12.8 Å². The molecule has 0 aliphatic heterocycles. The summed E-state index contributed by atoms with van der Waals surface area (Å²) in [6, 6.07) is 0. The SMILES string of the molecule is CC(C)C1(C(C)C)C23CC21C3. The highest BCUT2D eigenvalue weighted by atomic mass is 15.1. The summed E-state index contributed by atoms with van der Waals surface area (Å²) in [5.41, 5.74) is 2.66. The Morgan fingerprint density at radius 1 is 0.818 bits per heavy atom. The van der Waals surface area contributed by atoms with Gasteiger partial charge >= 0.3 is 0 Å². The molecule has 3 fully saturated rings. The Morgan fingerprint density at radius 3 is 1.18 bits per heavy atom. The smallest absolute Gasteiger partial charge is 0.0127 e. The molecular weight excluding hydrogens is 132 g/mol. The molecule has 0 spiro atoms. The first kappa shape index (κ1) is 6.51. The summed E-state index contributed by atoms with van der Waals surface area (Å²) in [5.74, 6) is 1.87. The molecule has 62 valence electrons. The lowest BCUT2D eigenvalue weighted by Crippen LogP contribution is -2.38. The van der Waals surface area contributed by atoms with Crippen molar-refractivity contribution in [1.29, 1.82) is 0 Å². The molecule has 0 amide bonds. The van der Waals surface area contributed by atoms with Crippen LogP contribution < -0.4 is 0 Å². The topological polar surface area (TPSA) is 0 Å². The maximum absolute atomic E-state index is 2.43. The van der Waals surface area contributed by atoms with Gasteiger partial charge in [0.05, 0.1) is 0 Å². The van der Waals surface area contributed by atoms with E-state index in [2.05, 4.69) is 27.7 Å². The van der Waals surface area contributed by atoms with Gasteiger partial charge in [-0.05, 0) is 40.9 Å². The van der Waals surface area contributed by atoms with E-state index in [4.69, 9.17) is 0 Å². The van der Waals surface area contributed by atoms with Crippen LogP contribution in [0.3, 0.4) is 0 Å². The quantitative estimate of drug-likeness (QED) is 0.567. The monoisotopic (exact) mass is 150 g/mol. The van der Waals surface area contributed by atoms with Crippen LogP contribution in [0.15, 0.2) is 0 Å². The van der Waals surface area contributed by atoms with Gasteiger partial charge in [-0.1, -0.05) is 27.7 Å². The zero-order valence-electron chi connectivity index (χ0n) is 8.07. The van der Waals surface area contributed by atoms with Gasteiger partial charge < -0.3 is 0 Å². The summed E-state index contributed by atoms with van der Waals surface area (Å²) in [4.78, 5) is 0. The van der Waals surface area contributed by atoms with E-state index in [1.807, 2.05) is 0 Å². The molecule has 0 atom stereocenters. The minimum atomic E-state index is 0.819. The summed E-state index contributed by atoms with van der Waals surface area (Å²) in [6.45, 7) is 9.70. The van der Waals surface area contributed by atoms with Gasteiger partial charge in [-0.25, -0.2) is 0 Å². The van der Waals surface area contributed by atoms with E-state index in [-0.39, 0.29) is 0 Å². The Balaban J connectivity index is 1.95. The van der Waals surface area contributed by atoms with Crippen molar-refractivity contribution >= 4 is 0 Å². The predicted molar refractivity (Wildman–Crippen MR) is 46.2 cm³/mol. The first-order chi connectivity index (χ1) is 5.05. The second-order valence-corrected chi connectivity index (χ2v) is 5.70. The molecular formula is C11H18. The van der Waals surface area contributed by atoms with Gasteiger partial charge in [-0.3, -0.25) is 0 Å². The van der Waals surface area contributed by atoms with Crippen LogP contribution in [0.2, 0.25) is 0 Å². The number of hydrogen-bond donors (Lipinski definition) is 0. The second-order valence-electron chi connectivity index (χ2n) is 5.70. The van der Waals surface area contributed by atoms with E-state index >= 15 is 0 Å².